The van der Waals surface area contributed by atoms with E-state index in [-0.39, 0.29) is 11.7 Å². The molecule has 1 aromatic heterocycles. The Kier molecular flexibility index (Phi) is 7.90. The third kappa shape index (κ3) is 6.20. The maximum Gasteiger partial charge on any atom is 0.221 e. The number of pyridine rings is 1. The second-order valence-corrected chi connectivity index (χ2v) is 9.08. The molecule has 0 radical (unpaired) electrons. The van der Waals surface area contributed by atoms with Crippen LogP contribution in [0.4, 0.5) is 5.69 Å². The lowest BCUT2D eigenvalue weighted by Crippen LogP contribution is -2.35. The van der Waals surface area contributed by atoms with Gasteiger partial charge in [-0.15, -0.1) is 11.8 Å². The number of hydrogen-bond donors (Lipinski definition) is 2. The summed E-state index contributed by atoms with van der Waals surface area (Å²) in [6.45, 7) is 5.61. The first-order valence-corrected chi connectivity index (χ1v) is 12.1. The number of benzene rings is 1. The molecule has 2 unspecified atom stereocenters. The van der Waals surface area contributed by atoms with Crippen LogP contribution in [0.1, 0.15) is 23.9 Å². The molecule has 1 amide bonds. The number of morpholine rings is 1. The Labute approximate surface area is 203 Å². The fourth-order valence-corrected chi connectivity index (χ4v) is 4.65. The fraction of sp³-hybridized carbons (Fsp3) is 0.375. The number of nitriles is 1. The van der Waals surface area contributed by atoms with E-state index in [0.717, 1.165) is 49.8 Å². The Bertz CT molecular complexity index is 1120. The Morgan fingerprint density at radius 1 is 1.21 bits per heavy atom. The molecule has 9 nitrogen and oxygen atoms in total. The van der Waals surface area contributed by atoms with E-state index < -0.39 is 11.4 Å². The summed E-state index contributed by atoms with van der Waals surface area (Å²) in [5, 5.41) is 12.4. The van der Waals surface area contributed by atoms with Crippen LogP contribution in [-0.4, -0.2) is 59.1 Å². The Hall–Kier alpha value is -3.26. The normalized spacial score (nSPS) is 20.7. The van der Waals surface area contributed by atoms with Crippen molar-refractivity contribution in [3.63, 3.8) is 0 Å². The van der Waals surface area contributed by atoms with E-state index in [0.29, 0.717) is 17.2 Å². The number of ether oxygens (including phenoxy) is 1. The van der Waals surface area contributed by atoms with Gasteiger partial charge in [-0.3, -0.25) is 19.7 Å². The van der Waals surface area contributed by atoms with E-state index in [1.165, 1.54) is 18.7 Å². The quantitative estimate of drug-likeness (QED) is 0.626. The van der Waals surface area contributed by atoms with Gasteiger partial charge in [0.2, 0.25) is 5.91 Å². The summed E-state index contributed by atoms with van der Waals surface area (Å²) >= 11 is 1.51. The first kappa shape index (κ1) is 23.9. The van der Waals surface area contributed by atoms with Gasteiger partial charge in [-0.2, -0.15) is 5.26 Å². The number of amides is 1. The number of nitrogens with two attached hydrogens (primary N) is 1. The molecule has 1 fully saturated rings. The van der Waals surface area contributed by atoms with Crippen LogP contribution in [0.25, 0.3) is 0 Å². The topological polar surface area (TPSA) is 129 Å². The number of rotatable bonds is 7. The number of hydrogen-bond acceptors (Lipinski definition) is 9. The van der Waals surface area contributed by atoms with Crippen LogP contribution < -0.4 is 11.1 Å². The van der Waals surface area contributed by atoms with E-state index in [1.807, 2.05) is 30.3 Å². The summed E-state index contributed by atoms with van der Waals surface area (Å²) in [5.74, 6) is 0.0185. The molecule has 3 N–H and O–H groups in total. The average Bonchev–Trinajstić information content (AvgIpc) is 2.83. The molecule has 34 heavy (non-hydrogen) atoms. The smallest absolute Gasteiger partial charge is 0.221 e. The molecule has 2 atom stereocenters. The molecule has 3 heterocycles. The monoisotopic (exact) mass is 477 g/mol. The van der Waals surface area contributed by atoms with Crippen molar-refractivity contribution in [2.45, 2.75) is 24.7 Å². The van der Waals surface area contributed by atoms with Gasteiger partial charge in [0, 0.05) is 38.0 Å². The van der Waals surface area contributed by atoms with Crippen LogP contribution >= 0.6 is 11.8 Å². The zero-order valence-electron chi connectivity index (χ0n) is 19.0. The van der Waals surface area contributed by atoms with Crippen molar-refractivity contribution in [3.8, 4) is 6.07 Å². The summed E-state index contributed by atoms with van der Waals surface area (Å²) in [4.78, 5) is 27.6. The number of nitrogens with one attached hydrogen (secondary N) is 1. The second-order valence-electron chi connectivity index (χ2n) is 8.04. The summed E-state index contributed by atoms with van der Waals surface area (Å²) < 4.78 is 5.42. The number of carbonyl (C=O) groups is 1. The van der Waals surface area contributed by atoms with Crippen molar-refractivity contribution in [2.24, 2.45) is 21.6 Å². The van der Waals surface area contributed by atoms with E-state index >= 15 is 0 Å². The van der Waals surface area contributed by atoms with Crippen molar-refractivity contribution in [2.75, 3.05) is 31.6 Å². The first-order valence-electron chi connectivity index (χ1n) is 11.1. The lowest BCUT2D eigenvalue weighted by Gasteiger charge is -2.26. The summed E-state index contributed by atoms with van der Waals surface area (Å²) in [7, 11) is 0. The van der Waals surface area contributed by atoms with Gasteiger partial charge in [0.25, 0.3) is 0 Å². The Morgan fingerprint density at radius 2 is 1.94 bits per heavy atom. The van der Waals surface area contributed by atoms with Crippen molar-refractivity contribution in [1.29, 1.82) is 5.26 Å². The van der Waals surface area contributed by atoms with Crippen LogP contribution in [0.15, 0.2) is 52.4 Å². The van der Waals surface area contributed by atoms with Gasteiger partial charge in [-0.05, 0) is 29.8 Å². The molecule has 2 aliphatic rings. The molecule has 176 valence electrons. The van der Waals surface area contributed by atoms with Gasteiger partial charge in [-0.25, -0.2) is 4.99 Å². The minimum atomic E-state index is -0.710. The Morgan fingerprint density at radius 3 is 2.65 bits per heavy atom. The molecule has 2 aliphatic heterocycles. The minimum Gasteiger partial charge on any atom is -0.386 e. The zero-order valence-corrected chi connectivity index (χ0v) is 19.8. The summed E-state index contributed by atoms with van der Waals surface area (Å²) in [6, 6.07) is 15.5. The van der Waals surface area contributed by atoms with Gasteiger partial charge in [0.1, 0.15) is 11.8 Å². The molecule has 1 aromatic carbocycles. The zero-order chi connectivity index (χ0) is 23.9. The second kappa shape index (κ2) is 11.2. The van der Waals surface area contributed by atoms with Gasteiger partial charge < -0.3 is 15.8 Å². The number of nitrogens with zero attached hydrogens (tertiary/aromatic N) is 5. The van der Waals surface area contributed by atoms with E-state index in [9.17, 15) is 10.1 Å². The molecule has 0 saturated carbocycles. The fourth-order valence-electron chi connectivity index (χ4n) is 3.78. The number of aromatic nitrogens is 1. The number of aliphatic imine (C=N–C) groups is 2. The molecule has 4 rings (SSSR count). The van der Waals surface area contributed by atoms with Crippen LogP contribution in [0.3, 0.4) is 0 Å². The highest BCUT2D eigenvalue weighted by Crippen LogP contribution is 2.26. The standard InChI is InChI=1S/C24H27N7O2S/c1-16(32)27-18-7-5-17(6-8-18)22-21(13-25)23(26)30-24(29-22)34-15-20-4-2-3-19(28-20)14-31-9-11-33-12-10-31/h2-8,21,24H,9-12,14-15H2,1H3,(H2,26,30)(H,27,32). The molecule has 10 heteroatoms. The molecular weight excluding hydrogens is 450 g/mol. The Balaban J connectivity index is 1.45. The maximum absolute atomic E-state index is 11.3. The van der Waals surface area contributed by atoms with Gasteiger partial charge in [-0.1, -0.05) is 18.2 Å². The van der Waals surface area contributed by atoms with Crippen LogP contribution in [-0.2, 0) is 21.8 Å². The third-order valence-corrected chi connectivity index (χ3v) is 6.41. The van der Waals surface area contributed by atoms with Crippen LogP contribution in [0, 0.1) is 17.2 Å². The first-order chi connectivity index (χ1) is 16.5. The van der Waals surface area contributed by atoms with E-state index in [4.69, 9.17) is 20.4 Å². The number of anilines is 1. The van der Waals surface area contributed by atoms with Crippen molar-refractivity contribution in [3.05, 3.63) is 59.4 Å². The van der Waals surface area contributed by atoms with Crippen molar-refractivity contribution < 1.29 is 9.53 Å². The number of amidine groups is 1. The van der Waals surface area contributed by atoms with Gasteiger partial charge >= 0.3 is 0 Å². The minimum absolute atomic E-state index is 0.145. The molecule has 0 aliphatic carbocycles. The number of carbonyl (C=O) groups excluding carboxylic acids is 1. The lowest BCUT2D eigenvalue weighted by molar-refractivity contribution is -0.114. The highest BCUT2D eigenvalue weighted by atomic mass is 32.2. The lowest BCUT2D eigenvalue weighted by atomic mass is 9.95. The van der Waals surface area contributed by atoms with Crippen LogP contribution in [0.5, 0.6) is 0 Å². The van der Waals surface area contributed by atoms with Crippen molar-refractivity contribution >= 4 is 34.9 Å². The molecular formula is C24H27N7O2S. The van der Waals surface area contributed by atoms with Gasteiger partial charge in [0.15, 0.2) is 5.50 Å². The van der Waals surface area contributed by atoms with Gasteiger partial charge in [0.05, 0.1) is 36.4 Å². The molecule has 0 bridgehead atoms. The molecule has 2 aromatic rings. The highest BCUT2D eigenvalue weighted by molar-refractivity contribution is 7.99. The van der Waals surface area contributed by atoms with Crippen LogP contribution in [0.2, 0.25) is 0 Å². The number of thioether (sulfide) groups is 1. The predicted molar refractivity (Wildman–Crippen MR) is 133 cm³/mol. The predicted octanol–water partition coefficient (Wildman–Crippen LogP) is 2.39. The molecule has 0 spiro atoms. The maximum atomic E-state index is 11.3. The third-order valence-electron chi connectivity index (χ3n) is 5.44. The highest BCUT2D eigenvalue weighted by Gasteiger charge is 2.28. The largest absolute Gasteiger partial charge is 0.386 e. The van der Waals surface area contributed by atoms with E-state index in [2.05, 4.69) is 21.3 Å². The van der Waals surface area contributed by atoms with E-state index in [1.54, 1.807) is 12.1 Å². The molecule has 1 saturated heterocycles. The van der Waals surface area contributed by atoms with Crippen molar-refractivity contribution in [1.82, 2.24) is 9.88 Å². The summed E-state index contributed by atoms with van der Waals surface area (Å²) in [6.07, 6.45) is 0. The average molecular weight is 478 g/mol. The SMILES string of the molecule is CC(=O)Nc1ccc(C2=NC(SCc3cccc(CN4CCOCC4)n3)N=C(N)C2C#N)cc1. The summed E-state index contributed by atoms with van der Waals surface area (Å²) in [5.41, 5.74) is 9.69.